The van der Waals surface area contributed by atoms with E-state index in [0.717, 1.165) is 22.4 Å². The quantitative estimate of drug-likeness (QED) is 0.243. The monoisotopic (exact) mass is 685 g/mol. The number of rotatable bonds is 5. The molecule has 0 aliphatic heterocycles. The molecule has 8 heteroatoms. The van der Waals surface area contributed by atoms with Gasteiger partial charge in [0.1, 0.15) is 11.3 Å². The van der Waals surface area contributed by atoms with Crippen LogP contribution in [-0.2, 0) is 7.05 Å². The third kappa shape index (κ3) is 5.62. The topological polar surface area (TPSA) is 126 Å². The SMILES string of the molecule is Cn1c(=O)c(C(=O)c2ccc(N(c3ccccc3)c3ccccc3)c3ccccc23)c(O)c2ccccc21.O.O.[Eu]. The van der Waals surface area contributed by atoms with Crippen molar-refractivity contribution in [3.8, 4) is 5.75 Å². The molecule has 1 aromatic heterocycles. The predicted molar refractivity (Wildman–Crippen MR) is 160 cm³/mol. The van der Waals surface area contributed by atoms with Gasteiger partial charge >= 0.3 is 0 Å². The van der Waals surface area contributed by atoms with Gasteiger partial charge in [-0.25, -0.2) is 0 Å². The minimum absolute atomic E-state index is 0. The summed E-state index contributed by atoms with van der Waals surface area (Å²) >= 11 is 0. The van der Waals surface area contributed by atoms with Crippen molar-refractivity contribution in [3.05, 3.63) is 143 Å². The summed E-state index contributed by atoms with van der Waals surface area (Å²) in [6, 6.07) is 38.4. The van der Waals surface area contributed by atoms with Crippen molar-refractivity contribution in [3.63, 3.8) is 0 Å². The largest absolute Gasteiger partial charge is 0.506 e. The summed E-state index contributed by atoms with van der Waals surface area (Å²) in [7, 11) is 1.61. The first-order chi connectivity index (χ1) is 18.6. The number of aryl methyl sites for hydroxylation is 1. The number of anilines is 3. The van der Waals surface area contributed by atoms with Gasteiger partial charge in [-0.3, -0.25) is 9.59 Å². The normalized spacial score (nSPS) is 10.3. The van der Waals surface area contributed by atoms with Crippen molar-refractivity contribution in [2.45, 2.75) is 0 Å². The summed E-state index contributed by atoms with van der Waals surface area (Å²) in [6.07, 6.45) is 0. The Morgan fingerprint density at radius 1 is 0.659 bits per heavy atom. The molecule has 0 aliphatic carbocycles. The smallest absolute Gasteiger partial charge is 0.265 e. The first-order valence-electron chi connectivity index (χ1n) is 12.3. The Hall–Kier alpha value is -3.66. The molecule has 1 heterocycles. The molecule has 0 amide bonds. The zero-order valence-corrected chi connectivity index (χ0v) is 24.5. The van der Waals surface area contributed by atoms with Gasteiger partial charge in [-0.2, -0.15) is 0 Å². The van der Waals surface area contributed by atoms with E-state index in [1.54, 1.807) is 37.4 Å². The second kappa shape index (κ2) is 13.3. The van der Waals surface area contributed by atoms with Crippen LogP contribution >= 0.6 is 0 Å². The molecule has 1 radical (unpaired) electrons. The fourth-order valence-electron chi connectivity index (χ4n) is 5.08. The molecule has 207 valence electrons. The van der Waals surface area contributed by atoms with E-state index in [4.69, 9.17) is 0 Å². The third-order valence-corrected chi connectivity index (χ3v) is 6.92. The summed E-state index contributed by atoms with van der Waals surface area (Å²) in [6.45, 7) is 0. The minimum Gasteiger partial charge on any atom is -0.506 e. The van der Waals surface area contributed by atoms with Gasteiger partial charge in [-0.15, -0.1) is 0 Å². The van der Waals surface area contributed by atoms with Crippen LogP contribution in [0.5, 0.6) is 5.75 Å². The van der Waals surface area contributed by atoms with Gasteiger partial charge in [0.05, 0.1) is 11.2 Å². The maximum atomic E-state index is 13.9. The van der Waals surface area contributed by atoms with Crippen molar-refractivity contribution >= 4 is 44.5 Å². The van der Waals surface area contributed by atoms with Crippen LogP contribution in [0.25, 0.3) is 21.7 Å². The van der Waals surface area contributed by atoms with Gasteiger partial charge in [-0.1, -0.05) is 72.8 Å². The Balaban J connectivity index is 0.00000154. The molecule has 0 saturated carbocycles. The second-order valence-electron chi connectivity index (χ2n) is 9.12. The molecule has 0 spiro atoms. The summed E-state index contributed by atoms with van der Waals surface area (Å²) in [5, 5.41) is 13.1. The molecule has 41 heavy (non-hydrogen) atoms. The Bertz CT molecular complexity index is 1850. The van der Waals surface area contributed by atoms with Crippen LogP contribution in [0, 0.1) is 49.4 Å². The predicted octanol–water partition coefficient (Wildman–Crippen LogP) is 5.45. The van der Waals surface area contributed by atoms with Crippen LogP contribution in [0.15, 0.2) is 126 Å². The van der Waals surface area contributed by atoms with Crippen molar-refractivity contribution in [1.29, 1.82) is 0 Å². The van der Waals surface area contributed by atoms with E-state index in [0.29, 0.717) is 21.9 Å². The molecule has 0 fully saturated rings. The molecule has 6 aromatic rings. The number of nitrogens with zero attached hydrogens (tertiary/aromatic N) is 2. The maximum Gasteiger partial charge on any atom is 0.265 e. The number of para-hydroxylation sites is 3. The fourth-order valence-corrected chi connectivity index (χ4v) is 5.08. The van der Waals surface area contributed by atoms with Crippen LogP contribution < -0.4 is 10.5 Å². The van der Waals surface area contributed by atoms with Gasteiger partial charge in [0.25, 0.3) is 5.56 Å². The number of ketones is 1. The number of aromatic nitrogens is 1. The molecule has 0 bridgehead atoms. The first-order valence-corrected chi connectivity index (χ1v) is 12.3. The van der Waals surface area contributed by atoms with Crippen molar-refractivity contribution in [1.82, 2.24) is 4.57 Å². The van der Waals surface area contributed by atoms with Gasteiger partial charge < -0.3 is 25.5 Å². The van der Waals surface area contributed by atoms with E-state index in [1.807, 2.05) is 91.0 Å². The summed E-state index contributed by atoms with van der Waals surface area (Å²) in [5.41, 5.74) is 3.00. The number of carbonyl (C=O) groups excluding carboxylic acids is 1. The Labute approximate surface area is 277 Å². The molecular weight excluding hydrogens is 656 g/mol. The average molecular weight is 685 g/mol. The van der Waals surface area contributed by atoms with E-state index in [9.17, 15) is 14.7 Å². The summed E-state index contributed by atoms with van der Waals surface area (Å²) < 4.78 is 1.41. The number of aromatic hydroxyl groups is 1. The number of hydrogen-bond donors (Lipinski definition) is 1. The van der Waals surface area contributed by atoms with Gasteiger partial charge in [0, 0.05) is 84.1 Å². The molecule has 0 atom stereocenters. The van der Waals surface area contributed by atoms with E-state index in [2.05, 4.69) is 4.90 Å². The van der Waals surface area contributed by atoms with Gasteiger partial charge in [0.2, 0.25) is 5.78 Å². The van der Waals surface area contributed by atoms with Crippen molar-refractivity contribution in [2.75, 3.05) is 4.90 Å². The van der Waals surface area contributed by atoms with E-state index < -0.39 is 11.3 Å². The summed E-state index contributed by atoms with van der Waals surface area (Å²) in [5.74, 6) is -0.806. The second-order valence-corrected chi connectivity index (χ2v) is 9.12. The molecular formula is C33H28EuN2O5. The molecule has 0 unspecified atom stereocenters. The van der Waals surface area contributed by atoms with Gasteiger partial charge in [0.15, 0.2) is 0 Å². The zero-order chi connectivity index (χ0) is 26.2. The number of benzene rings is 5. The van der Waals surface area contributed by atoms with E-state index in [1.165, 1.54) is 4.57 Å². The van der Waals surface area contributed by atoms with Crippen LogP contribution in [0.1, 0.15) is 15.9 Å². The molecule has 0 saturated heterocycles. The Kier molecular flexibility index (Phi) is 10.4. The van der Waals surface area contributed by atoms with Crippen molar-refractivity contribution in [2.24, 2.45) is 7.05 Å². The molecule has 0 aliphatic rings. The summed E-state index contributed by atoms with van der Waals surface area (Å²) in [4.78, 5) is 29.3. The van der Waals surface area contributed by atoms with E-state index >= 15 is 0 Å². The van der Waals surface area contributed by atoms with Gasteiger partial charge in [-0.05, 0) is 53.9 Å². The maximum absolute atomic E-state index is 13.9. The van der Waals surface area contributed by atoms with Crippen molar-refractivity contribution < 1.29 is 70.2 Å². The first kappa shape index (κ1) is 31.9. The minimum atomic E-state index is -0.533. The number of fused-ring (bicyclic) bond motifs is 2. The van der Waals surface area contributed by atoms with Crippen LogP contribution in [0.4, 0.5) is 17.1 Å². The fraction of sp³-hybridized carbons (Fsp3) is 0.0303. The number of carbonyl (C=O) groups is 1. The standard InChI is InChI=1S/C33H24N2O3.Eu.2H2O/c1-34-28-19-11-10-18-27(28)32(37)30(33(34)38)31(36)26-20-21-29(25-17-9-8-16-24(25)26)35(22-12-4-2-5-13-22)23-14-6-3-7-15-23;;;/h2-21,37H,1H3;;2*1H2. The molecule has 5 N–H and O–H groups in total. The number of pyridine rings is 1. The van der Waals surface area contributed by atoms with E-state index in [-0.39, 0.29) is 71.6 Å². The Morgan fingerprint density at radius 2 is 1.15 bits per heavy atom. The number of hydrogen-bond acceptors (Lipinski definition) is 4. The Morgan fingerprint density at radius 3 is 1.73 bits per heavy atom. The average Bonchev–Trinajstić information content (AvgIpc) is 2.97. The molecule has 6 rings (SSSR count). The van der Waals surface area contributed by atoms with Crippen LogP contribution in [-0.4, -0.2) is 26.4 Å². The third-order valence-electron chi connectivity index (χ3n) is 6.92. The van der Waals surface area contributed by atoms with Crippen LogP contribution in [0.2, 0.25) is 0 Å². The van der Waals surface area contributed by atoms with Crippen LogP contribution in [0.3, 0.4) is 0 Å². The molecule has 7 nitrogen and oxygen atoms in total. The zero-order valence-electron chi connectivity index (χ0n) is 22.1. The molecule has 5 aromatic carbocycles.